The van der Waals surface area contributed by atoms with Gasteiger partial charge in [-0.25, -0.2) is 0 Å². The molecule has 2 rings (SSSR count). The van der Waals surface area contributed by atoms with Crippen molar-refractivity contribution in [1.82, 2.24) is 9.80 Å². The van der Waals surface area contributed by atoms with Gasteiger partial charge in [0.2, 0.25) is 0 Å². The summed E-state index contributed by atoms with van der Waals surface area (Å²) in [6, 6.07) is 0. The molecule has 2 aliphatic rings. The number of nitrogens with zero attached hydrogens (tertiary/aromatic N) is 2. The molecular weight excluding hydrogens is 176 g/mol. The predicted molar refractivity (Wildman–Crippen MR) is 57.5 cm³/mol. The van der Waals surface area contributed by atoms with E-state index in [1.54, 1.807) is 0 Å². The monoisotopic (exact) mass is 198 g/mol. The molecule has 2 fully saturated rings. The molecule has 82 valence electrons. The number of ether oxygens (including phenoxy) is 1. The summed E-state index contributed by atoms with van der Waals surface area (Å²) in [6.07, 6.45) is 1.31. The normalized spacial score (nSPS) is 29.6. The van der Waals surface area contributed by atoms with Crippen molar-refractivity contribution in [2.45, 2.75) is 25.8 Å². The molecule has 0 saturated carbocycles. The van der Waals surface area contributed by atoms with Crippen LogP contribution in [-0.4, -0.2) is 61.3 Å². The van der Waals surface area contributed by atoms with E-state index in [1.807, 2.05) is 0 Å². The van der Waals surface area contributed by atoms with Crippen LogP contribution in [0.2, 0.25) is 0 Å². The van der Waals surface area contributed by atoms with E-state index in [0.717, 1.165) is 13.2 Å². The summed E-state index contributed by atoms with van der Waals surface area (Å²) < 4.78 is 5.33. The zero-order chi connectivity index (χ0) is 10.0. The van der Waals surface area contributed by atoms with E-state index in [2.05, 4.69) is 23.6 Å². The van der Waals surface area contributed by atoms with Crippen molar-refractivity contribution < 1.29 is 4.74 Å². The Morgan fingerprint density at radius 2 is 1.93 bits per heavy atom. The van der Waals surface area contributed by atoms with E-state index in [9.17, 15) is 0 Å². The lowest BCUT2D eigenvalue weighted by molar-refractivity contribution is -0.129. The van der Waals surface area contributed by atoms with Crippen molar-refractivity contribution >= 4 is 0 Å². The van der Waals surface area contributed by atoms with E-state index in [4.69, 9.17) is 4.74 Å². The highest BCUT2D eigenvalue weighted by atomic mass is 16.5. The molecule has 2 aliphatic heterocycles. The van der Waals surface area contributed by atoms with E-state index in [-0.39, 0.29) is 0 Å². The van der Waals surface area contributed by atoms with E-state index >= 15 is 0 Å². The SMILES string of the molecule is CCN1CCCN(C2(C)COC2)CC1. The Labute approximate surface area is 87.0 Å². The third-order valence-electron chi connectivity index (χ3n) is 3.63. The Balaban J connectivity index is 1.88. The van der Waals surface area contributed by atoms with Crippen molar-refractivity contribution in [2.75, 3.05) is 45.9 Å². The fourth-order valence-electron chi connectivity index (χ4n) is 2.41. The highest BCUT2D eigenvalue weighted by Gasteiger charge is 2.39. The second-order valence-electron chi connectivity index (χ2n) is 4.76. The van der Waals surface area contributed by atoms with Crippen LogP contribution in [0.3, 0.4) is 0 Å². The average molecular weight is 198 g/mol. The second-order valence-corrected chi connectivity index (χ2v) is 4.76. The smallest absolute Gasteiger partial charge is 0.0671 e. The predicted octanol–water partition coefficient (Wildman–Crippen LogP) is 0.803. The first kappa shape index (κ1) is 10.4. The molecule has 0 radical (unpaired) electrons. The fourth-order valence-corrected chi connectivity index (χ4v) is 2.41. The maximum absolute atomic E-state index is 5.33. The van der Waals surface area contributed by atoms with Gasteiger partial charge >= 0.3 is 0 Å². The van der Waals surface area contributed by atoms with Crippen LogP contribution in [0.5, 0.6) is 0 Å². The lowest BCUT2D eigenvalue weighted by Gasteiger charge is -2.47. The van der Waals surface area contributed by atoms with Gasteiger partial charge in [-0.15, -0.1) is 0 Å². The molecule has 3 heteroatoms. The van der Waals surface area contributed by atoms with Crippen molar-refractivity contribution in [1.29, 1.82) is 0 Å². The lowest BCUT2D eigenvalue weighted by Crippen LogP contribution is -2.60. The molecule has 0 amide bonds. The van der Waals surface area contributed by atoms with Gasteiger partial charge in [0.1, 0.15) is 0 Å². The highest BCUT2D eigenvalue weighted by molar-refractivity contribution is 4.93. The average Bonchev–Trinajstić information content (AvgIpc) is 2.39. The van der Waals surface area contributed by atoms with Crippen molar-refractivity contribution in [3.8, 4) is 0 Å². The van der Waals surface area contributed by atoms with Crippen LogP contribution in [0.1, 0.15) is 20.3 Å². The molecule has 0 spiro atoms. The third-order valence-corrected chi connectivity index (χ3v) is 3.63. The van der Waals surface area contributed by atoms with E-state index in [0.29, 0.717) is 5.54 Å². The van der Waals surface area contributed by atoms with Gasteiger partial charge in [0.15, 0.2) is 0 Å². The Kier molecular flexibility index (Phi) is 3.10. The molecule has 0 aromatic heterocycles. The van der Waals surface area contributed by atoms with Gasteiger partial charge in [-0.3, -0.25) is 4.90 Å². The van der Waals surface area contributed by atoms with Crippen LogP contribution in [0, 0.1) is 0 Å². The standard InChI is InChI=1S/C11H22N2O/c1-3-12-5-4-6-13(8-7-12)11(2)9-14-10-11/h3-10H2,1-2H3. The van der Waals surface area contributed by atoms with Gasteiger partial charge in [-0.2, -0.15) is 0 Å². The lowest BCUT2D eigenvalue weighted by atomic mass is 9.97. The summed E-state index contributed by atoms with van der Waals surface area (Å²) in [5.74, 6) is 0. The van der Waals surface area contributed by atoms with Gasteiger partial charge in [-0.05, 0) is 26.4 Å². The molecule has 3 nitrogen and oxygen atoms in total. The van der Waals surface area contributed by atoms with Gasteiger partial charge in [0.05, 0.1) is 18.8 Å². The zero-order valence-electron chi connectivity index (χ0n) is 9.46. The van der Waals surface area contributed by atoms with Crippen LogP contribution >= 0.6 is 0 Å². The summed E-state index contributed by atoms with van der Waals surface area (Å²) in [5, 5.41) is 0. The van der Waals surface area contributed by atoms with Crippen LogP contribution < -0.4 is 0 Å². The Morgan fingerprint density at radius 3 is 2.50 bits per heavy atom. The molecule has 0 aromatic carbocycles. The first-order valence-corrected chi connectivity index (χ1v) is 5.80. The van der Waals surface area contributed by atoms with Gasteiger partial charge in [0.25, 0.3) is 0 Å². The number of hydrogen-bond acceptors (Lipinski definition) is 3. The number of likely N-dealkylation sites (N-methyl/N-ethyl adjacent to an activating group) is 1. The Bertz CT molecular complexity index is 192. The minimum Gasteiger partial charge on any atom is -0.377 e. The molecule has 0 N–H and O–H groups in total. The second kappa shape index (κ2) is 4.17. The Hall–Kier alpha value is -0.120. The molecule has 0 unspecified atom stereocenters. The molecule has 0 aliphatic carbocycles. The topological polar surface area (TPSA) is 15.7 Å². The summed E-state index contributed by atoms with van der Waals surface area (Å²) in [7, 11) is 0. The summed E-state index contributed by atoms with van der Waals surface area (Å²) in [6.45, 7) is 12.6. The van der Waals surface area contributed by atoms with Crippen LogP contribution in [0.15, 0.2) is 0 Å². The van der Waals surface area contributed by atoms with Crippen molar-refractivity contribution in [3.63, 3.8) is 0 Å². The molecule has 2 heterocycles. The van der Waals surface area contributed by atoms with Crippen molar-refractivity contribution in [3.05, 3.63) is 0 Å². The largest absolute Gasteiger partial charge is 0.377 e. The zero-order valence-corrected chi connectivity index (χ0v) is 9.46. The first-order chi connectivity index (χ1) is 6.74. The van der Waals surface area contributed by atoms with Crippen LogP contribution in [0.4, 0.5) is 0 Å². The fraction of sp³-hybridized carbons (Fsp3) is 1.00. The summed E-state index contributed by atoms with van der Waals surface area (Å²) >= 11 is 0. The highest BCUT2D eigenvalue weighted by Crippen LogP contribution is 2.25. The quantitative estimate of drug-likeness (QED) is 0.653. The van der Waals surface area contributed by atoms with Crippen LogP contribution in [-0.2, 0) is 4.74 Å². The molecule has 0 aromatic rings. The number of hydrogen-bond donors (Lipinski definition) is 0. The van der Waals surface area contributed by atoms with Crippen molar-refractivity contribution in [2.24, 2.45) is 0 Å². The summed E-state index contributed by atoms with van der Waals surface area (Å²) in [5.41, 5.74) is 0.351. The van der Waals surface area contributed by atoms with Gasteiger partial charge in [0, 0.05) is 19.6 Å². The molecule has 0 atom stereocenters. The third kappa shape index (κ3) is 1.95. The van der Waals surface area contributed by atoms with Gasteiger partial charge in [-0.1, -0.05) is 6.92 Å². The molecule has 2 saturated heterocycles. The molecule has 0 bridgehead atoms. The first-order valence-electron chi connectivity index (χ1n) is 5.80. The molecule has 14 heavy (non-hydrogen) atoms. The van der Waals surface area contributed by atoms with Gasteiger partial charge < -0.3 is 9.64 Å². The Morgan fingerprint density at radius 1 is 1.14 bits per heavy atom. The number of rotatable bonds is 2. The van der Waals surface area contributed by atoms with E-state index < -0.39 is 0 Å². The van der Waals surface area contributed by atoms with E-state index in [1.165, 1.54) is 39.1 Å². The maximum Gasteiger partial charge on any atom is 0.0671 e. The van der Waals surface area contributed by atoms with Crippen LogP contribution in [0.25, 0.3) is 0 Å². The maximum atomic E-state index is 5.33. The minimum absolute atomic E-state index is 0.351. The summed E-state index contributed by atoms with van der Waals surface area (Å²) in [4.78, 5) is 5.16. The minimum atomic E-state index is 0.351. The molecular formula is C11H22N2O.